The molecule has 4 atom stereocenters. The zero-order chi connectivity index (χ0) is 21.9. The van der Waals surface area contributed by atoms with Gasteiger partial charge in [-0.15, -0.1) is 10.2 Å². The number of anilines is 1. The number of ether oxygens (including phenoxy) is 1. The van der Waals surface area contributed by atoms with Crippen LogP contribution in [0.4, 0.5) is 5.82 Å². The molecule has 0 unspecified atom stereocenters. The molecule has 1 aliphatic carbocycles. The van der Waals surface area contributed by atoms with Crippen LogP contribution in [0.5, 0.6) is 0 Å². The minimum Gasteiger partial charge on any atom is -0.381 e. The van der Waals surface area contributed by atoms with E-state index in [-0.39, 0.29) is 5.91 Å². The van der Waals surface area contributed by atoms with Gasteiger partial charge >= 0.3 is 0 Å². The van der Waals surface area contributed by atoms with Gasteiger partial charge in [-0.05, 0) is 80.7 Å². The molecular formula is C25H33N5O2. The predicted octanol–water partition coefficient (Wildman–Crippen LogP) is 3.10. The first-order valence-corrected chi connectivity index (χ1v) is 11.9. The van der Waals surface area contributed by atoms with Gasteiger partial charge in [0.2, 0.25) is 0 Å². The van der Waals surface area contributed by atoms with Crippen molar-refractivity contribution in [2.24, 2.45) is 17.8 Å². The molecule has 170 valence electrons. The highest BCUT2D eigenvalue weighted by Crippen LogP contribution is 2.41. The van der Waals surface area contributed by atoms with Crippen LogP contribution in [0.3, 0.4) is 0 Å². The molecule has 0 spiro atoms. The van der Waals surface area contributed by atoms with Gasteiger partial charge in [0.05, 0.1) is 5.69 Å². The summed E-state index contributed by atoms with van der Waals surface area (Å²) in [6.07, 6.45) is 6.11. The molecular weight excluding hydrogens is 402 g/mol. The Morgan fingerprint density at radius 1 is 1.16 bits per heavy atom. The molecule has 1 aromatic heterocycles. The second-order valence-corrected chi connectivity index (χ2v) is 9.51. The minimum atomic E-state index is -0.102. The number of benzene rings is 1. The molecule has 3 heterocycles. The molecule has 2 saturated heterocycles. The van der Waals surface area contributed by atoms with Crippen LogP contribution in [-0.4, -0.2) is 55.0 Å². The summed E-state index contributed by atoms with van der Waals surface area (Å²) in [4.78, 5) is 11.9. The molecule has 1 saturated carbocycles. The van der Waals surface area contributed by atoms with Gasteiger partial charge in [-0.2, -0.15) is 0 Å². The lowest BCUT2D eigenvalue weighted by Gasteiger charge is -2.27. The van der Waals surface area contributed by atoms with Gasteiger partial charge in [-0.25, -0.2) is 0 Å². The van der Waals surface area contributed by atoms with Crippen LogP contribution >= 0.6 is 0 Å². The van der Waals surface area contributed by atoms with Crippen LogP contribution in [0.2, 0.25) is 0 Å². The third-order valence-corrected chi connectivity index (χ3v) is 7.50. The molecule has 2 aliphatic heterocycles. The summed E-state index contributed by atoms with van der Waals surface area (Å²) in [5.41, 5.74) is 2.28. The maximum atomic E-state index is 11.9. The van der Waals surface area contributed by atoms with E-state index < -0.39 is 0 Å². The Balaban J connectivity index is 1.18. The van der Waals surface area contributed by atoms with Crippen LogP contribution < -0.4 is 16.0 Å². The zero-order valence-electron chi connectivity index (χ0n) is 18.7. The average Bonchev–Trinajstić information content (AvgIpc) is 3.41. The van der Waals surface area contributed by atoms with Crippen molar-refractivity contribution in [3.8, 4) is 11.3 Å². The van der Waals surface area contributed by atoms with Crippen molar-refractivity contribution in [1.29, 1.82) is 0 Å². The number of hydrogen-bond donors (Lipinski definition) is 3. The zero-order valence-corrected chi connectivity index (χ0v) is 18.7. The van der Waals surface area contributed by atoms with Crippen LogP contribution in [0.1, 0.15) is 42.5 Å². The second kappa shape index (κ2) is 9.55. The molecule has 3 aliphatic rings. The van der Waals surface area contributed by atoms with E-state index in [4.69, 9.17) is 4.74 Å². The summed E-state index contributed by atoms with van der Waals surface area (Å²) >= 11 is 0. The highest BCUT2D eigenvalue weighted by molar-refractivity contribution is 5.95. The number of carbonyl (C=O) groups is 1. The number of nitrogens with zero attached hydrogens (tertiary/aromatic N) is 2. The largest absolute Gasteiger partial charge is 0.381 e. The Kier molecular flexibility index (Phi) is 6.37. The molecule has 7 heteroatoms. The van der Waals surface area contributed by atoms with Gasteiger partial charge in [-0.1, -0.05) is 12.1 Å². The van der Waals surface area contributed by atoms with E-state index in [0.717, 1.165) is 54.6 Å². The van der Waals surface area contributed by atoms with Crippen molar-refractivity contribution in [1.82, 2.24) is 20.8 Å². The van der Waals surface area contributed by atoms with Gasteiger partial charge in [0, 0.05) is 43.5 Å². The molecule has 1 amide bonds. The fourth-order valence-corrected chi connectivity index (χ4v) is 5.79. The van der Waals surface area contributed by atoms with E-state index in [1.807, 2.05) is 30.3 Å². The Bertz CT molecular complexity index is 928. The van der Waals surface area contributed by atoms with Crippen molar-refractivity contribution in [3.63, 3.8) is 0 Å². The number of nitrogens with one attached hydrogen (secondary N) is 3. The maximum absolute atomic E-state index is 11.9. The minimum absolute atomic E-state index is 0.102. The van der Waals surface area contributed by atoms with E-state index >= 15 is 0 Å². The maximum Gasteiger partial charge on any atom is 0.251 e. The fourth-order valence-electron chi connectivity index (χ4n) is 5.79. The fraction of sp³-hybridized carbons (Fsp3) is 0.560. The lowest BCUT2D eigenvalue weighted by Crippen LogP contribution is -2.33. The summed E-state index contributed by atoms with van der Waals surface area (Å²) in [6.45, 7) is 3.00. The third kappa shape index (κ3) is 4.64. The summed E-state index contributed by atoms with van der Waals surface area (Å²) in [6, 6.07) is 12.6. The van der Waals surface area contributed by atoms with Crippen molar-refractivity contribution >= 4 is 11.7 Å². The molecule has 0 radical (unpaired) electrons. The second-order valence-electron chi connectivity index (χ2n) is 9.51. The van der Waals surface area contributed by atoms with E-state index in [9.17, 15) is 4.79 Å². The van der Waals surface area contributed by atoms with Crippen molar-refractivity contribution < 1.29 is 9.53 Å². The van der Waals surface area contributed by atoms with E-state index in [0.29, 0.717) is 17.6 Å². The normalized spacial score (nSPS) is 27.8. The Hall–Kier alpha value is -2.51. The standard InChI is InChI=1S/C25H33N5O2/c1-26-25(31)18-4-2-3-17(12-18)22-5-6-24(30-29-22)28-20-13-19-15-27-23(21(19)14-20)11-16-7-9-32-10-8-16/h2-6,12,16,19-21,23,27H,7-11,13-15H2,1H3,(H,26,31)(H,28,30)/t19-,20+,21+,23+/m1/s1. The van der Waals surface area contributed by atoms with E-state index in [1.54, 1.807) is 13.1 Å². The highest BCUT2D eigenvalue weighted by atomic mass is 16.5. The summed E-state index contributed by atoms with van der Waals surface area (Å²) in [5.74, 6) is 3.06. The smallest absolute Gasteiger partial charge is 0.251 e. The van der Waals surface area contributed by atoms with Gasteiger partial charge in [0.15, 0.2) is 0 Å². The van der Waals surface area contributed by atoms with E-state index in [2.05, 4.69) is 26.1 Å². The van der Waals surface area contributed by atoms with Crippen LogP contribution in [0.15, 0.2) is 36.4 Å². The summed E-state index contributed by atoms with van der Waals surface area (Å²) in [7, 11) is 1.63. The van der Waals surface area contributed by atoms with Crippen LogP contribution in [0.25, 0.3) is 11.3 Å². The van der Waals surface area contributed by atoms with Gasteiger partial charge < -0.3 is 20.7 Å². The molecule has 3 N–H and O–H groups in total. The molecule has 7 nitrogen and oxygen atoms in total. The predicted molar refractivity (Wildman–Crippen MR) is 124 cm³/mol. The molecule has 2 aromatic rings. The number of fused-ring (bicyclic) bond motifs is 1. The van der Waals surface area contributed by atoms with Gasteiger partial charge in [0.25, 0.3) is 5.91 Å². The first-order chi connectivity index (χ1) is 15.7. The number of amides is 1. The molecule has 5 rings (SSSR count). The average molecular weight is 436 g/mol. The van der Waals surface area contributed by atoms with Crippen molar-refractivity contribution in [2.45, 2.75) is 44.2 Å². The first-order valence-electron chi connectivity index (χ1n) is 11.9. The molecule has 3 fully saturated rings. The van der Waals surface area contributed by atoms with Gasteiger partial charge in [0.1, 0.15) is 5.82 Å². The monoisotopic (exact) mass is 435 g/mol. The van der Waals surface area contributed by atoms with Crippen molar-refractivity contribution in [2.75, 3.05) is 32.1 Å². The van der Waals surface area contributed by atoms with Crippen LogP contribution in [0, 0.1) is 17.8 Å². The van der Waals surface area contributed by atoms with Crippen molar-refractivity contribution in [3.05, 3.63) is 42.0 Å². The molecule has 32 heavy (non-hydrogen) atoms. The Morgan fingerprint density at radius 3 is 2.81 bits per heavy atom. The molecule has 0 bridgehead atoms. The lowest BCUT2D eigenvalue weighted by atomic mass is 9.85. The first kappa shape index (κ1) is 21.3. The quantitative estimate of drug-likeness (QED) is 0.646. The number of carbonyl (C=O) groups excluding carboxylic acids is 1. The van der Waals surface area contributed by atoms with Gasteiger partial charge in [-0.3, -0.25) is 4.79 Å². The number of hydrogen-bond acceptors (Lipinski definition) is 6. The van der Waals surface area contributed by atoms with E-state index in [1.165, 1.54) is 32.1 Å². The third-order valence-electron chi connectivity index (χ3n) is 7.50. The number of aromatic nitrogens is 2. The molecule has 1 aromatic carbocycles. The Labute approximate surface area is 189 Å². The highest BCUT2D eigenvalue weighted by Gasteiger charge is 2.43. The number of rotatable bonds is 6. The SMILES string of the molecule is CNC(=O)c1cccc(-c2ccc(N[C@H]3C[C@@H]4CN[C@@H](CC5CCOCC5)[C@H]4C3)nn2)c1. The lowest BCUT2D eigenvalue weighted by molar-refractivity contribution is 0.0594. The Morgan fingerprint density at radius 2 is 2.03 bits per heavy atom. The van der Waals surface area contributed by atoms with Crippen LogP contribution in [-0.2, 0) is 4.74 Å². The topological polar surface area (TPSA) is 88.2 Å². The summed E-state index contributed by atoms with van der Waals surface area (Å²) in [5, 5.41) is 18.9. The summed E-state index contributed by atoms with van der Waals surface area (Å²) < 4.78 is 5.53.